The number of piperidine rings is 1. The largest absolute Gasteiger partial charge is 0.353 e. The van der Waals surface area contributed by atoms with Gasteiger partial charge in [-0.1, -0.05) is 78.0 Å². The zero-order valence-corrected chi connectivity index (χ0v) is 22.9. The molecule has 1 saturated heterocycles. The normalized spacial score (nSPS) is 17.4. The van der Waals surface area contributed by atoms with Crippen LogP contribution in [0.3, 0.4) is 0 Å². The van der Waals surface area contributed by atoms with Crippen LogP contribution in [0.1, 0.15) is 24.0 Å². The molecule has 5 rings (SSSR count). The minimum absolute atomic E-state index is 0.00643. The van der Waals surface area contributed by atoms with Crippen molar-refractivity contribution in [2.24, 2.45) is 5.92 Å². The van der Waals surface area contributed by atoms with Gasteiger partial charge in [0.1, 0.15) is 6.54 Å². The molecule has 2 heterocycles. The van der Waals surface area contributed by atoms with E-state index >= 15 is 0 Å². The number of para-hydroxylation sites is 1. The van der Waals surface area contributed by atoms with Gasteiger partial charge in [-0.15, -0.1) is 0 Å². The van der Waals surface area contributed by atoms with E-state index in [1.54, 1.807) is 17.0 Å². The number of carbonyl (C=O) groups is 2. The zero-order valence-electron chi connectivity index (χ0n) is 21.3. The number of hydrogen-bond acceptors (Lipinski definition) is 4. The fourth-order valence-corrected chi connectivity index (χ4v) is 6.23. The number of rotatable bonds is 8. The molecule has 2 amide bonds. The van der Waals surface area contributed by atoms with E-state index in [9.17, 15) is 9.59 Å². The van der Waals surface area contributed by atoms with Crippen LogP contribution >= 0.6 is 23.4 Å². The van der Waals surface area contributed by atoms with Crippen LogP contribution in [0.25, 0.3) is 6.08 Å². The molecule has 1 N–H and O–H groups in total. The zero-order chi connectivity index (χ0) is 26.3. The van der Waals surface area contributed by atoms with Crippen molar-refractivity contribution in [1.82, 2.24) is 10.2 Å². The van der Waals surface area contributed by atoms with Crippen LogP contribution < -0.4 is 10.2 Å². The predicted octanol–water partition coefficient (Wildman–Crippen LogP) is 5.89. The summed E-state index contributed by atoms with van der Waals surface area (Å²) in [6.45, 7) is 3.51. The highest BCUT2D eigenvalue weighted by molar-refractivity contribution is 8.04. The third kappa shape index (κ3) is 6.87. The van der Waals surface area contributed by atoms with Gasteiger partial charge in [0.15, 0.2) is 0 Å². The number of fused-ring (bicyclic) bond motifs is 1. The molecule has 0 aromatic heterocycles. The Morgan fingerprint density at radius 3 is 2.45 bits per heavy atom. The van der Waals surface area contributed by atoms with Gasteiger partial charge in [0.25, 0.3) is 5.91 Å². The van der Waals surface area contributed by atoms with Crippen molar-refractivity contribution in [3.8, 4) is 0 Å². The summed E-state index contributed by atoms with van der Waals surface area (Å²) < 4.78 is 0. The van der Waals surface area contributed by atoms with Crippen molar-refractivity contribution in [2.45, 2.75) is 24.2 Å². The number of amides is 2. The van der Waals surface area contributed by atoms with E-state index in [4.69, 9.17) is 11.6 Å². The van der Waals surface area contributed by atoms with Crippen LogP contribution in [0.2, 0.25) is 5.02 Å². The van der Waals surface area contributed by atoms with Crippen LogP contribution in [-0.4, -0.2) is 49.4 Å². The van der Waals surface area contributed by atoms with Crippen LogP contribution in [-0.2, 0) is 16.0 Å². The van der Waals surface area contributed by atoms with Gasteiger partial charge in [-0.05, 0) is 79.7 Å². The summed E-state index contributed by atoms with van der Waals surface area (Å²) in [4.78, 5) is 31.8. The summed E-state index contributed by atoms with van der Waals surface area (Å²) in [7, 11) is 0. The first kappa shape index (κ1) is 26.5. The Labute approximate surface area is 233 Å². The maximum absolute atomic E-state index is 13.4. The molecule has 0 atom stereocenters. The number of nitrogens with one attached hydrogen (secondary N) is 1. The topological polar surface area (TPSA) is 52.7 Å². The number of nitrogens with zero attached hydrogens (tertiary/aromatic N) is 2. The minimum atomic E-state index is -0.167. The van der Waals surface area contributed by atoms with Gasteiger partial charge in [0.05, 0.1) is 10.6 Å². The number of likely N-dealkylation sites (tertiary alicyclic amines) is 1. The second-order valence-electron chi connectivity index (χ2n) is 9.85. The number of hydrogen-bond donors (Lipinski definition) is 1. The SMILES string of the molecule is O=C(CN1C(=O)C(=Cc2ccc(Cl)cc2)Sc2ccccc21)NCCN1CCC(Cc2ccccc2)CC1. The molecule has 0 bridgehead atoms. The summed E-state index contributed by atoms with van der Waals surface area (Å²) in [6.07, 6.45) is 5.36. The summed E-state index contributed by atoms with van der Waals surface area (Å²) in [5.41, 5.74) is 3.07. The van der Waals surface area contributed by atoms with E-state index in [1.807, 2.05) is 42.5 Å². The maximum Gasteiger partial charge on any atom is 0.265 e. The lowest BCUT2D eigenvalue weighted by Crippen LogP contribution is -2.45. The molecule has 1 fully saturated rings. The molecule has 0 saturated carbocycles. The standard InChI is InChI=1S/C31H32ClN3O2S/c32-26-12-10-24(11-13-26)21-29-31(37)35(27-8-4-5-9-28(27)38-29)22-30(36)33-16-19-34-17-14-25(15-18-34)20-23-6-2-1-3-7-23/h1-13,21,25H,14-20,22H2,(H,33,36). The van der Waals surface area contributed by atoms with Gasteiger partial charge >= 0.3 is 0 Å². The lowest BCUT2D eigenvalue weighted by atomic mass is 9.90. The molecular weight excluding hydrogens is 514 g/mol. The number of anilines is 1. The van der Waals surface area contributed by atoms with Crippen LogP contribution in [0.5, 0.6) is 0 Å². The van der Waals surface area contributed by atoms with Crippen LogP contribution in [0, 0.1) is 5.92 Å². The highest BCUT2D eigenvalue weighted by Crippen LogP contribution is 2.41. The van der Waals surface area contributed by atoms with Crippen molar-refractivity contribution in [3.05, 3.63) is 99.9 Å². The minimum Gasteiger partial charge on any atom is -0.353 e. The lowest BCUT2D eigenvalue weighted by molar-refractivity contribution is -0.122. The van der Waals surface area contributed by atoms with Crippen molar-refractivity contribution < 1.29 is 9.59 Å². The first-order valence-corrected chi connectivity index (χ1v) is 14.3. The number of carbonyl (C=O) groups excluding carboxylic acids is 2. The van der Waals surface area contributed by atoms with E-state index in [1.165, 1.54) is 30.2 Å². The molecule has 196 valence electrons. The van der Waals surface area contributed by atoms with Gasteiger partial charge in [0, 0.05) is 23.0 Å². The summed E-state index contributed by atoms with van der Waals surface area (Å²) in [5, 5.41) is 3.68. The van der Waals surface area contributed by atoms with Gasteiger partial charge in [-0.3, -0.25) is 14.5 Å². The highest BCUT2D eigenvalue weighted by atomic mass is 35.5. The molecular formula is C31H32ClN3O2S. The number of halogens is 1. The molecule has 2 aliphatic rings. The molecule has 3 aromatic carbocycles. The molecule has 5 nitrogen and oxygen atoms in total. The number of benzene rings is 3. The quantitative estimate of drug-likeness (QED) is 0.359. The Morgan fingerprint density at radius 1 is 0.974 bits per heavy atom. The summed E-state index contributed by atoms with van der Waals surface area (Å²) in [5.74, 6) is 0.408. The van der Waals surface area contributed by atoms with Gasteiger partial charge < -0.3 is 10.2 Å². The second-order valence-corrected chi connectivity index (χ2v) is 11.4. The maximum atomic E-state index is 13.4. The Morgan fingerprint density at radius 2 is 1.68 bits per heavy atom. The van der Waals surface area contributed by atoms with E-state index in [-0.39, 0.29) is 18.4 Å². The van der Waals surface area contributed by atoms with Gasteiger partial charge in [-0.25, -0.2) is 0 Å². The van der Waals surface area contributed by atoms with Crippen molar-refractivity contribution in [2.75, 3.05) is 37.6 Å². The number of thioether (sulfide) groups is 1. The van der Waals surface area contributed by atoms with Crippen LogP contribution in [0.4, 0.5) is 5.69 Å². The average molecular weight is 546 g/mol. The van der Waals surface area contributed by atoms with E-state index in [0.29, 0.717) is 16.5 Å². The Hall–Kier alpha value is -3.06. The first-order valence-electron chi connectivity index (χ1n) is 13.1. The third-order valence-corrected chi connectivity index (χ3v) is 8.46. The average Bonchev–Trinajstić information content (AvgIpc) is 2.94. The lowest BCUT2D eigenvalue weighted by Gasteiger charge is -2.32. The summed E-state index contributed by atoms with van der Waals surface area (Å²) in [6, 6.07) is 25.8. The molecule has 0 unspecified atom stereocenters. The molecule has 3 aromatic rings. The third-order valence-electron chi connectivity index (χ3n) is 7.13. The second kappa shape index (κ2) is 12.7. The van der Waals surface area contributed by atoms with Crippen molar-refractivity contribution >= 4 is 46.9 Å². The van der Waals surface area contributed by atoms with Gasteiger partial charge in [0.2, 0.25) is 5.91 Å². The molecule has 38 heavy (non-hydrogen) atoms. The van der Waals surface area contributed by atoms with E-state index < -0.39 is 0 Å². The van der Waals surface area contributed by atoms with E-state index in [0.717, 1.165) is 48.1 Å². The van der Waals surface area contributed by atoms with E-state index in [2.05, 4.69) is 40.5 Å². The van der Waals surface area contributed by atoms with Crippen molar-refractivity contribution in [3.63, 3.8) is 0 Å². The molecule has 2 aliphatic heterocycles. The van der Waals surface area contributed by atoms with Crippen LogP contribution in [0.15, 0.2) is 88.7 Å². The Kier molecular flexibility index (Phi) is 8.84. The van der Waals surface area contributed by atoms with Crippen molar-refractivity contribution in [1.29, 1.82) is 0 Å². The molecule has 0 spiro atoms. The first-order chi connectivity index (χ1) is 18.5. The Bertz CT molecular complexity index is 1290. The smallest absolute Gasteiger partial charge is 0.265 e. The van der Waals surface area contributed by atoms with Gasteiger partial charge in [-0.2, -0.15) is 0 Å². The monoisotopic (exact) mass is 545 g/mol. The molecule has 7 heteroatoms. The fraction of sp³-hybridized carbons (Fsp3) is 0.290. The highest BCUT2D eigenvalue weighted by Gasteiger charge is 2.30. The molecule has 0 radical (unpaired) electrons. The predicted molar refractivity (Wildman–Crippen MR) is 156 cm³/mol. The fourth-order valence-electron chi connectivity index (χ4n) is 5.04. The summed E-state index contributed by atoms with van der Waals surface area (Å²) >= 11 is 7.44. The molecule has 0 aliphatic carbocycles. The Balaban J connectivity index is 1.13.